The summed E-state index contributed by atoms with van der Waals surface area (Å²) in [4.78, 5) is 15.8. The lowest BCUT2D eigenvalue weighted by molar-refractivity contribution is -0.113. The fraction of sp³-hybridized carbons (Fsp3) is 0.292. The van der Waals surface area contributed by atoms with E-state index in [0.29, 0.717) is 17.4 Å². The van der Waals surface area contributed by atoms with Crippen LogP contribution in [0, 0.1) is 0 Å². The Morgan fingerprint density at radius 2 is 2.06 bits per heavy atom. The van der Waals surface area contributed by atoms with E-state index in [2.05, 4.69) is 25.2 Å². The van der Waals surface area contributed by atoms with Crippen LogP contribution in [0.5, 0.6) is 5.75 Å². The summed E-state index contributed by atoms with van der Waals surface area (Å²) in [5.74, 6) is 0.597. The highest BCUT2D eigenvalue weighted by molar-refractivity contribution is 7.99. The zero-order chi connectivity index (χ0) is 24.2. The molecule has 0 aliphatic carbocycles. The second kappa shape index (κ2) is 10.4. The molecule has 2 aromatic carbocycles. The van der Waals surface area contributed by atoms with Gasteiger partial charge in [0.2, 0.25) is 5.91 Å². The number of anilines is 1. The molecule has 0 saturated carbocycles. The van der Waals surface area contributed by atoms with Crippen LogP contribution in [0.2, 0.25) is 0 Å². The molecule has 4 aromatic rings. The minimum absolute atomic E-state index is 0.0272. The third-order valence-corrected chi connectivity index (χ3v) is 6.62. The fourth-order valence-corrected chi connectivity index (χ4v) is 4.80. The molecule has 0 unspecified atom stereocenters. The molecule has 2 N–H and O–H groups in total. The number of alkyl halides is 2. The Morgan fingerprint density at radius 3 is 2.83 bits per heavy atom. The first-order valence-electron chi connectivity index (χ1n) is 11.2. The molecular weight excluding hydrogens is 476 g/mol. The van der Waals surface area contributed by atoms with Gasteiger partial charge < -0.3 is 19.8 Å². The first-order valence-corrected chi connectivity index (χ1v) is 12.1. The van der Waals surface area contributed by atoms with Gasteiger partial charge in [-0.2, -0.15) is 8.78 Å². The number of aromatic amines is 1. The maximum atomic E-state index is 12.5. The molecule has 11 heteroatoms. The van der Waals surface area contributed by atoms with Gasteiger partial charge in [0.15, 0.2) is 11.0 Å². The Bertz CT molecular complexity index is 1300. The van der Waals surface area contributed by atoms with Crippen LogP contribution < -0.4 is 10.1 Å². The van der Waals surface area contributed by atoms with Crippen molar-refractivity contribution in [1.82, 2.24) is 19.7 Å². The first kappa shape index (κ1) is 23.3. The predicted octanol–water partition coefficient (Wildman–Crippen LogP) is 4.94. The molecule has 0 spiro atoms. The Hall–Kier alpha value is -3.44. The van der Waals surface area contributed by atoms with Crippen molar-refractivity contribution in [2.24, 2.45) is 0 Å². The van der Waals surface area contributed by atoms with E-state index < -0.39 is 6.61 Å². The van der Waals surface area contributed by atoms with Gasteiger partial charge in [0, 0.05) is 35.0 Å². The van der Waals surface area contributed by atoms with E-state index in [0.717, 1.165) is 41.7 Å². The van der Waals surface area contributed by atoms with Crippen molar-refractivity contribution >= 4 is 34.3 Å². The standard InChI is InChI=1S/C24H23F2N5O3S/c25-23(26)34-16-9-7-15(8-10-16)28-21(32)14-35-24-30-29-22(31(24)13-17-4-3-11-33-17)19-12-27-20-6-2-1-5-18(19)20/h1-2,5-10,12,17,23,27H,3-4,11,13-14H2,(H,28,32)/t17-/m0/s1. The maximum absolute atomic E-state index is 12.5. The highest BCUT2D eigenvalue weighted by Gasteiger charge is 2.23. The molecule has 2 aromatic heterocycles. The van der Waals surface area contributed by atoms with E-state index in [1.807, 2.05) is 35.0 Å². The van der Waals surface area contributed by atoms with Gasteiger partial charge >= 0.3 is 6.61 Å². The van der Waals surface area contributed by atoms with Gasteiger partial charge in [0.25, 0.3) is 0 Å². The van der Waals surface area contributed by atoms with Crippen LogP contribution in [-0.4, -0.2) is 50.7 Å². The first-order chi connectivity index (χ1) is 17.1. The minimum Gasteiger partial charge on any atom is -0.435 e. The number of nitrogens with zero attached hydrogens (tertiary/aromatic N) is 3. The van der Waals surface area contributed by atoms with Gasteiger partial charge in [0.05, 0.1) is 18.4 Å². The Morgan fingerprint density at radius 1 is 1.23 bits per heavy atom. The van der Waals surface area contributed by atoms with E-state index in [1.165, 1.54) is 36.0 Å². The SMILES string of the molecule is O=C(CSc1nnc(-c2c[nH]c3ccccc23)n1C[C@@H]1CCCO1)Nc1ccc(OC(F)F)cc1. The molecule has 35 heavy (non-hydrogen) atoms. The van der Waals surface area contributed by atoms with Crippen LogP contribution >= 0.6 is 11.8 Å². The van der Waals surface area contributed by atoms with Crippen LogP contribution in [0.25, 0.3) is 22.3 Å². The van der Waals surface area contributed by atoms with Gasteiger partial charge in [-0.1, -0.05) is 30.0 Å². The largest absolute Gasteiger partial charge is 0.435 e. The Balaban J connectivity index is 1.31. The molecule has 1 amide bonds. The van der Waals surface area contributed by atoms with Gasteiger partial charge in [-0.25, -0.2) is 0 Å². The number of para-hydroxylation sites is 1. The smallest absolute Gasteiger partial charge is 0.387 e. The molecule has 182 valence electrons. The van der Waals surface area contributed by atoms with Gasteiger partial charge in [-0.05, 0) is 43.2 Å². The molecule has 1 saturated heterocycles. The summed E-state index contributed by atoms with van der Waals surface area (Å²) in [6.45, 7) is -1.56. The number of hydrogen-bond acceptors (Lipinski definition) is 6. The summed E-state index contributed by atoms with van der Waals surface area (Å²) in [5.41, 5.74) is 2.43. The predicted molar refractivity (Wildman–Crippen MR) is 129 cm³/mol. The van der Waals surface area contributed by atoms with Crippen molar-refractivity contribution in [2.75, 3.05) is 17.7 Å². The molecule has 1 atom stereocenters. The molecule has 5 rings (SSSR count). The highest BCUT2D eigenvalue weighted by Crippen LogP contribution is 2.31. The summed E-state index contributed by atoms with van der Waals surface area (Å²) in [7, 11) is 0. The lowest BCUT2D eigenvalue weighted by Crippen LogP contribution is -2.18. The van der Waals surface area contributed by atoms with Crippen LogP contribution in [0.4, 0.5) is 14.5 Å². The lowest BCUT2D eigenvalue weighted by atomic mass is 10.1. The number of aromatic nitrogens is 4. The van der Waals surface area contributed by atoms with Crippen molar-refractivity contribution < 1.29 is 23.0 Å². The summed E-state index contributed by atoms with van der Waals surface area (Å²) < 4.78 is 36.8. The Kier molecular flexibility index (Phi) is 6.96. The Labute approximate surface area is 204 Å². The quantitative estimate of drug-likeness (QED) is 0.317. The number of ether oxygens (including phenoxy) is 2. The second-order valence-corrected chi connectivity index (χ2v) is 8.98. The number of nitrogens with one attached hydrogen (secondary N) is 2. The minimum atomic E-state index is -2.90. The van der Waals surface area contributed by atoms with E-state index in [4.69, 9.17) is 4.74 Å². The zero-order valence-electron chi connectivity index (χ0n) is 18.6. The third kappa shape index (κ3) is 5.46. The maximum Gasteiger partial charge on any atom is 0.387 e. The van der Waals surface area contributed by atoms with E-state index in [-0.39, 0.29) is 23.5 Å². The number of amides is 1. The lowest BCUT2D eigenvalue weighted by Gasteiger charge is -2.14. The average Bonchev–Trinajstić information content (AvgIpc) is 3.59. The molecular formula is C24H23F2N5O3S. The molecule has 0 bridgehead atoms. The molecule has 0 radical (unpaired) electrons. The van der Waals surface area contributed by atoms with E-state index in [9.17, 15) is 13.6 Å². The number of carbonyl (C=O) groups is 1. The van der Waals surface area contributed by atoms with E-state index in [1.54, 1.807) is 0 Å². The number of thioether (sulfide) groups is 1. The number of carbonyl (C=O) groups excluding carboxylic acids is 1. The monoisotopic (exact) mass is 499 g/mol. The van der Waals surface area contributed by atoms with Crippen LogP contribution in [0.3, 0.4) is 0 Å². The van der Waals surface area contributed by atoms with Gasteiger partial charge in [-0.3, -0.25) is 9.36 Å². The number of hydrogen-bond donors (Lipinski definition) is 2. The zero-order valence-corrected chi connectivity index (χ0v) is 19.4. The molecule has 1 aliphatic rings. The van der Waals surface area contributed by atoms with Crippen LogP contribution in [-0.2, 0) is 16.1 Å². The third-order valence-electron chi connectivity index (χ3n) is 5.65. The fourth-order valence-electron chi connectivity index (χ4n) is 4.05. The number of rotatable bonds is 9. The second-order valence-electron chi connectivity index (χ2n) is 8.04. The van der Waals surface area contributed by atoms with Crippen molar-refractivity contribution in [3.63, 3.8) is 0 Å². The molecule has 1 fully saturated rings. The topological polar surface area (TPSA) is 94.1 Å². The van der Waals surface area contributed by atoms with Crippen molar-refractivity contribution in [3.05, 3.63) is 54.7 Å². The number of fused-ring (bicyclic) bond motifs is 1. The van der Waals surface area contributed by atoms with Crippen molar-refractivity contribution in [2.45, 2.75) is 37.3 Å². The van der Waals surface area contributed by atoms with Gasteiger partial charge in [0.1, 0.15) is 5.75 Å². The van der Waals surface area contributed by atoms with Crippen LogP contribution in [0.15, 0.2) is 59.9 Å². The van der Waals surface area contributed by atoms with E-state index >= 15 is 0 Å². The normalized spacial score (nSPS) is 15.7. The number of halogens is 2. The number of H-pyrrole nitrogens is 1. The number of benzene rings is 2. The molecule has 1 aliphatic heterocycles. The average molecular weight is 500 g/mol. The van der Waals surface area contributed by atoms with Crippen molar-refractivity contribution in [1.29, 1.82) is 0 Å². The summed E-state index contributed by atoms with van der Waals surface area (Å²) in [6.07, 6.45) is 3.96. The summed E-state index contributed by atoms with van der Waals surface area (Å²) in [5, 5.41) is 13.3. The van der Waals surface area contributed by atoms with Gasteiger partial charge in [-0.15, -0.1) is 10.2 Å². The highest BCUT2D eigenvalue weighted by atomic mass is 32.2. The van der Waals surface area contributed by atoms with Crippen LogP contribution in [0.1, 0.15) is 12.8 Å². The molecule has 3 heterocycles. The summed E-state index contributed by atoms with van der Waals surface area (Å²) in [6, 6.07) is 13.8. The summed E-state index contributed by atoms with van der Waals surface area (Å²) >= 11 is 1.28. The van der Waals surface area contributed by atoms with Crippen molar-refractivity contribution in [3.8, 4) is 17.1 Å². The molecule has 8 nitrogen and oxygen atoms in total.